The Kier molecular flexibility index (Phi) is 5.19. The van der Waals surface area contributed by atoms with Crippen molar-refractivity contribution in [3.05, 3.63) is 70.3 Å². The van der Waals surface area contributed by atoms with Gasteiger partial charge < -0.3 is 5.32 Å². The predicted molar refractivity (Wildman–Crippen MR) is 82.6 cm³/mol. The van der Waals surface area contributed by atoms with E-state index < -0.39 is 15.7 Å². The van der Waals surface area contributed by atoms with Crippen molar-refractivity contribution in [3.63, 3.8) is 0 Å². The molecule has 2 atom stereocenters. The van der Waals surface area contributed by atoms with Gasteiger partial charge in [0.05, 0.1) is 15.7 Å². The first-order chi connectivity index (χ1) is 10.1. The van der Waals surface area contributed by atoms with E-state index in [1.807, 2.05) is 30.3 Å². The zero-order valence-electron chi connectivity index (χ0n) is 11.6. The van der Waals surface area contributed by atoms with Gasteiger partial charge in [-0.05, 0) is 18.7 Å². The normalized spacial score (nSPS) is 13.6. The summed E-state index contributed by atoms with van der Waals surface area (Å²) in [7, 11) is 0.336. The van der Waals surface area contributed by atoms with E-state index in [1.165, 1.54) is 6.07 Å². The number of hydrogen-bond acceptors (Lipinski definition) is 4. The van der Waals surface area contributed by atoms with E-state index in [2.05, 4.69) is 5.32 Å². The monoisotopic (exact) mass is 304 g/mol. The Morgan fingerprint density at radius 1 is 1.14 bits per heavy atom. The van der Waals surface area contributed by atoms with Crippen molar-refractivity contribution >= 4 is 16.5 Å². The van der Waals surface area contributed by atoms with Gasteiger partial charge in [-0.2, -0.15) is 0 Å². The summed E-state index contributed by atoms with van der Waals surface area (Å²) in [5.41, 5.74) is 0.908. The van der Waals surface area contributed by atoms with Gasteiger partial charge >= 0.3 is 0 Å². The molecule has 0 heterocycles. The molecule has 110 valence electrons. The lowest BCUT2D eigenvalue weighted by atomic mass is 10.1. The third-order valence-corrected chi connectivity index (χ3v) is 4.65. The lowest BCUT2D eigenvalue weighted by Crippen LogP contribution is -2.23. The molecular weight excluding hydrogens is 288 g/mol. The van der Waals surface area contributed by atoms with E-state index in [4.69, 9.17) is 0 Å². The number of nitro benzene ring substituents is 1. The van der Waals surface area contributed by atoms with Gasteiger partial charge in [-0.1, -0.05) is 42.5 Å². The molecule has 0 aliphatic carbocycles. The van der Waals surface area contributed by atoms with Crippen molar-refractivity contribution in [1.29, 1.82) is 0 Å². The number of nitro groups is 1. The summed E-state index contributed by atoms with van der Waals surface area (Å²) in [5.74, 6) is 0.283. The van der Waals surface area contributed by atoms with Crippen molar-refractivity contribution in [2.24, 2.45) is 0 Å². The first-order valence-corrected chi connectivity index (χ1v) is 7.79. The Bertz CT molecular complexity index is 646. The van der Waals surface area contributed by atoms with Gasteiger partial charge in [0.1, 0.15) is 4.90 Å². The molecule has 0 amide bonds. The Hall–Kier alpha value is -2.05. The van der Waals surface area contributed by atoms with Crippen LogP contribution in [0.5, 0.6) is 0 Å². The highest BCUT2D eigenvalue weighted by Crippen LogP contribution is 2.24. The largest absolute Gasteiger partial charge is 0.312 e. The summed E-state index contributed by atoms with van der Waals surface area (Å²) >= 11 is 0. The molecule has 2 unspecified atom stereocenters. The van der Waals surface area contributed by atoms with E-state index >= 15 is 0 Å². The van der Waals surface area contributed by atoms with Crippen LogP contribution >= 0.6 is 0 Å². The molecule has 0 aliphatic heterocycles. The summed E-state index contributed by atoms with van der Waals surface area (Å²) in [6.07, 6.45) is 0. The maximum absolute atomic E-state index is 12.5. The first kappa shape index (κ1) is 15.3. The van der Waals surface area contributed by atoms with Gasteiger partial charge in [-0.25, -0.2) is 0 Å². The van der Waals surface area contributed by atoms with Crippen molar-refractivity contribution in [3.8, 4) is 0 Å². The van der Waals surface area contributed by atoms with Crippen molar-refractivity contribution in [2.75, 3.05) is 12.8 Å². The van der Waals surface area contributed by atoms with Gasteiger partial charge in [0.15, 0.2) is 0 Å². The molecule has 0 bridgehead atoms. The SMILES string of the molecule is CNC(CS(=O)c1ccccc1[N+](=O)[O-])c1ccccc1. The van der Waals surface area contributed by atoms with E-state index in [9.17, 15) is 14.3 Å². The standard InChI is InChI=1S/C15H16N2O3S/c1-16-13(12-7-3-2-4-8-12)11-21(20)15-10-6-5-9-14(15)17(18)19/h2-10,13,16H,11H2,1H3. The number of nitrogens with zero attached hydrogens (tertiary/aromatic N) is 1. The van der Waals surface area contributed by atoms with Crippen LogP contribution in [0.2, 0.25) is 0 Å². The highest BCUT2D eigenvalue weighted by Gasteiger charge is 2.21. The smallest absolute Gasteiger partial charge is 0.285 e. The summed E-state index contributed by atoms with van der Waals surface area (Å²) in [6, 6.07) is 15.7. The Balaban J connectivity index is 2.23. The van der Waals surface area contributed by atoms with Gasteiger partial charge in [0.25, 0.3) is 5.69 Å². The number of nitrogens with one attached hydrogen (secondary N) is 1. The fourth-order valence-electron chi connectivity index (χ4n) is 2.07. The molecule has 2 aromatic carbocycles. The summed E-state index contributed by atoms with van der Waals surface area (Å²) < 4.78 is 12.5. The number of rotatable bonds is 6. The van der Waals surface area contributed by atoms with Crippen LogP contribution in [0.15, 0.2) is 59.5 Å². The zero-order chi connectivity index (χ0) is 15.2. The molecule has 2 aromatic rings. The molecule has 21 heavy (non-hydrogen) atoms. The van der Waals surface area contributed by atoms with E-state index in [0.29, 0.717) is 0 Å². The molecule has 0 aliphatic rings. The molecule has 5 nitrogen and oxygen atoms in total. The van der Waals surface area contributed by atoms with Crippen LogP contribution in [-0.4, -0.2) is 21.9 Å². The minimum Gasteiger partial charge on any atom is -0.312 e. The summed E-state index contributed by atoms with van der Waals surface area (Å²) in [4.78, 5) is 10.8. The highest BCUT2D eigenvalue weighted by atomic mass is 32.2. The molecule has 6 heteroatoms. The van der Waals surface area contributed by atoms with Crippen LogP contribution < -0.4 is 5.32 Å². The van der Waals surface area contributed by atoms with Crippen LogP contribution in [0, 0.1) is 10.1 Å². The minimum atomic E-state index is -1.45. The molecule has 2 rings (SSSR count). The zero-order valence-corrected chi connectivity index (χ0v) is 12.4. The molecular formula is C15H16N2O3S. The van der Waals surface area contributed by atoms with Gasteiger partial charge in [-0.3, -0.25) is 14.3 Å². The quantitative estimate of drug-likeness (QED) is 0.658. The van der Waals surface area contributed by atoms with E-state index in [0.717, 1.165) is 5.56 Å². The molecule has 1 N–H and O–H groups in total. The second kappa shape index (κ2) is 7.10. The van der Waals surface area contributed by atoms with Crippen LogP contribution in [0.3, 0.4) is 0 Å². The molecule has 0 radical (unpaired) electrons. The number of para-hydroxylation sites is 1. The maximum atomic E-state index is 12.5. The molecule has 0 saturated carbocycles. The lowest BCUT2D eigenvalue weighted by Gasteiger charge is -2.16. The van der Waals surface area contributed by atoms with Gasteiger partial charge in [0, 0.05) is 17.9 Å². The Labute approximate surface area is 125 Å². The molecule has 0 aromatic heterocycles. The highest BCUT2D eigenvalue weighted by molar-refractivity contribution is 7.85. The predicted octanol–water partition coefficient (Wildman–Crippen LogP) is 2.66. The van der Waals surface area contributed by atoms with Crippen molar-refractivity contribution < 1.29 is 9.13 Å². The summed E-state index contributed by atoms with van der Waals surface area (Å²) in [5, 5.41) is 14.1. The average molecular weight is 304 g/mol. The third-order valence-electron chi connectivity index (χ3n) is 3.18. The topological polar surface area (TPSA) is 72.2 Å². The van der Waals surface area contributed by atoms with E-state index in [1.54, 1.807) is 25.2 Å². The molecule has 0 fully saturated rings. The first-order valence-electron chi connectivity index (χ1n) is 6.47. The Morgan fingerprint density at radius 3 is 2.38 bits per heavy atom. The van der Waals surface area contributed by atoms with Crippen LogP contribution in [0.4, 0.5) is 5.69 Å². The van der Waals surface area contributed by atoms with Crippen molar-refractivity contribution in [1.82, 2.24) is 5.32 Å². The second-order valence-corrected chi connectivity index (χ2v) is 5.95. The van der Waals surface area contributed by atoms with Gasteiger partial charge in [-0.15, -0.1) is 0 Å². The second-order valence-electron chi connectivity index (χ2n) is 4.49. The maximum Gasteiger partial charge on any atom is 0.285 e. The van der Waals surface area contributed by atoms with Crippen LogP contribution in [0.25, 0.3) is 0 Å². The van der Waals surface area contributed by atoms with Gasteiger partial charge in [0.2, 0.25) is 0 Å². The number of benzene rings is 2. The molecule has 0 spiro atoms. The van der Waals surface area contributed by atoms with Crippen molar-refractivity contribution in [2.45, 2.75) is 10.9 Å². The Morgan fingerprint density at radius 2 is 1.76 bits per heavy atom. The lowest BCUT2D eigenvalue weighted by molar-refractivity contribution is -0.387. The number of hydrogen-bond donors (Lipinski definition) is 1. The average Bonchev–Trinajstić information content (AvgIpc) is 2.53. The van der Waals surface area contributed by atoms with Crippen LogP contribution in [0.1, 0.15) is 11.6 Å². The van der Waals surface area contributed by atoms with E-state index in [-0.39, 0.29) is 22.4 Å². The fraction of sp³-hybridized carbons (Fsp3) is 0.200. The minimum absolute atomic E-state index is 0.0984. The van der Waals surface area contributed by atoms with Crippen LogP contribution in [-0.2, 0) is 10.8 Å². The fourth-order valence-corrected chi connectivity index (χ4v) is 3.52. The summed E-state index contributed by atoms with van der Waals surface area (Å²) in [6.45, 7) is 0. The third kappa shape index (κ3) is 3.74. The molecule has 0 saturated heterocycles.